The number of aromatic nitrogens is 5. The average Bonchev–Trinajstić information content (AvgIpc) is 3.55. The van der Waals surface area contributed by atoms with E-state index >= 15 is 0 Å². The molecule has 0 aliphatic rings. The third-order valence-electron chi connectivity index (χ3n) is 6.93. The largest absolute Gasteiger partial charge is 0.309 e. The van der Waals surface area contributed by atoms with E-state index in [1.54, 1.807) is 0 Å². The van der Waals surface area contributed by atoms with Crippen LogP contribution in [0.2, 0.25) is 0 Å². The molecule has 5 nitrogen and oxygen atoms in total. The number of hydrogen-bond acceptors (Lipinski definition) is 2. The van der Waals surface area contributed by atoms with Gasteiger partial charge in [-0.25, -0.2) is 4.98 Å². The standard InChI is InChI=1S/C30H19N5/c1-3-12-25-22(10-1)23-11-2-4-13-26(23)33(25)20-8-7-9-21(18-20)34-28-14-5-6-15-29(28)35-27-16-17-31-19-24(27)32-30(34)35/h1-19H. The Balaban J connectivity index is 1.46. The van der Waals surface area contributed by atoms with Crippen molar-refractivity contribution in [1.29, 1.82) is 0 Å². The van der Waals surface area contributed by atoms with Crippen LogP contribution in [0.5, 0.6) is 0 Å². The van der Waals surface area contributed by atoms with Gasteiger partial charge in [0.25, 0.3) is 0 Å². The summed E-state index contributed by atoms with van der Waals surface area (Å²) in [4.78, 5) is 9.27. The third kappa shape index (κ3) is 2.47. The van der Waals surface area contributed by atoms with Crippen molar-refractivity contribution in [2.24, 2.45) is 0 Å². The molecule has 0 aliphatic carbocycles. The molecule has 4 heterocycles. The lowest BCUT2D eigenvalue weighted by molar-refractivity contribution is 1.09. The van der Waals surface area contributed by atoms with Crippen LogP contribution in [0, 0.1) is 0 Å². The molecule has 8 aromatic rings. The van der Waals surface area contributed by atoms with Crippen LogP contribution in [-0.2, 0) is 0 Å². The van der Waals surface area contributed by atoms with E-state index in [0.29, 0.717) is 0 Å². The highest BCUT2D eigenvalue weighted by Gasteiger charge is 2.18. The number of nitrogens with zero attached hydrogens (tertiary/aromatic N) is 5. The van der Waals surface area contributed by atoms with E-state index in [-0.39, 0.29) is 0 Å². The first kappa shape index (κ1) is 18.5. The van der Waals surface area contributed by atoms with E-state index in [1.807, 2.05) is 18.5 Å². The molecule has 5 heteroatoms. The lowest BCUT2D eigenvalue weighted by Gasteiger charge is -2.11. The van der Waals surface area contributed by atoms with Gasteiger partial charge in [0.05, 0.1) is 39.5 Å². The van der Waals surface area contributed by atoms with Gasteiger partial charge in [0, 0.05) is 22.7 Å². The molecule has 4 aromatic carbocycles. The minimum absolute atomic E-state index is 0.883. The highest BCUT2D eigenvalue weighted by Crippen LogP contribution is 2.34. The van der Waals surface area contributed by atoms with Crippen LogP contribution in [0.25, 0.3) is 61.0 Å². The van der Waals surface area contributed by atoms with Crippen LogP contribution in [0.1, 0.15) is 0 Å². The second-order valence-corrected chi connectivity index (χ2v) is 8.83. The molecular weight excluding hydrogens is 430 g/mol. The SMILES string of the molecule is c1cc(-n2c3ccccc3c3ccccc32)cc(-n2c3ccccc3n3c4ccncc4nc23)c1. The Morgan fingerprint density at radius 3 is 1.89 bits per heavy atom. The number of imidazole rings is 2. The van der Waals surface area contributed by atoms with Crippen molar-refractivity contribution in [3.8, 4) is 11.4 Å². The summed E-state index contributed by atoms with van der Waals surface area (Å²) < 4.78 is 6.81. The van der Waals surface area contributed by atoms with Gasteiger partial charge in [0.1, 0.15) is 5.52 Å². The van der Waals surface area contributed by atoms with Crippen LogP contribution in [0.4, 0.5) is 0 Å². The zero-order valence-corrected chi connectivity index (χ0v) is 18.7. The molecule has 0 aliphatic heterocycles. The summed E-state index contributed by atoms with van der Waals surface area (Å²) in [6.45, 7) is 0. The smallest absolute Gasteiger partial charge is 0.220 e. The molecule has 0 bridgehead atoms. The second kappa shape index (κ2) is 6.81. The fourth-order valence-electron chi connectivity index (χ4n) is 5.48. The van der Waals surface area contributed by atoms with Crippen LogP contribution < -0.4 is 0 Å². The Bertz CT molecular complexity index is 2020. The molecule has 0 amide bonds. The fraction of sp³-hybridized carbons (Fsp3) is 0. The van der Waals surface area contributed by atoms with Crippen molar-refractivity contribution >= 4 is 49.7 Å². The van der Waals surface area contributed by atoms with E-state index in [2.05, 4.69) is 116 Å². The molecule has 0 spiro atoms. The quantitative estimate of drug-likeness (QED) is 0.287. The van der Waals surface area contributed by atoms with E-state index < -0.39 is 0 Å². The summed E-state index contributed by atoms with van der Waals surface area (Å²) in [5, 5.41) is 2.52. The molecular formula is C30H19N5. The Hall–Kier alpha value is -4.90. The average molecular weight is 450 g/mol. The van der Waals surface area contributed by atoms with Crippen LogP contribution in [-0.4, -0.2) is 23.5 Å². The van der Waals surface area contributed by atoms with Gasteiger partial charge in [-0.2, -0.15) is 0 Å². The maximum Gasteiger partial charge on any atom is 0.220 e. The highest BCUT2D eigenvalue weighted by atomic mass is 15.2. The third-order valence-corrected chi connectivity index (χ3v) is 6.93. The molecule has 0 fully saturated rings. The van der Waals surface area contributed by atoms with Gasteiger partial charge in [-0.3, -0.25) is 14.0 Å². The van der Waals surface area contributed by atoms with Crippen molar-refractivity contribution in [2.45, 2.75) is 0 Å². The zero-order valence-electron chi connectivity index (χ0n) is 18.7. The van der Waals surface area contributed by atoms with Crippen molar-refractivity contribution in [3.63, 3.8) is 0 Å². The summed E-state index contributed by atoms with van der Waals surface area (Å²) in [6.07, 6.45) is 3.65. The maximum atomic E-state index is 4.98. The minimum atomic E-state index is 0.883. The van der Waals surface area contributed by atoms with Crippen LogP contribution in [0.3, 0.4) is 0 Å². The van der Waals surface area contributed by atoms with Gasteiger partial charge in [-0.15, -0.1) is 0 Å². The van der Waals surface area contributed by atoms with Crippen LogP contribution in [0.15, 0.2) is 116 Å². The van der Waals surface area contributed by atoms with Gasteiger partial charge in [-0.05, 0) is 48.5 Å². The van der Waals surface area contributed by atoms with Crippen molar-refractivity contribution in [3.05, 3.63) is 116 Å². The number of benzene rings is 4. The van der Waals surface area contributed by atoms with Gasteiger partial charge in [-0.1, -0.05) is 54.6 Å². The Morgan fingerprint density at radius 1 is 0.514 bits per heavy atom. The van der Waals surface area contributed by atoms with Crippen molar-refractivity contribution in [1.82, 2.24) is 23.5 Å². The monoisotopic (exact) mass is 449 g/mol. The Morgan fingerprint density at radius 2 is 1.14 bits per heavy atom. The van der Waals surface area contributed by atoms with Crippen molar-refractivity contribution < 1.29 is 0 Å². The molecule has 164 valence electrons. The summed E-state index contributed by atoms with van der Waals surface area (Å²) in [5.74, 6) is 0.883. The normalized spacial score (nSPS) is 12.0. The van der Waals surface area contributed by atoms with Gasteiger partial charge in [0.15, 0.2) is 0 Å². The molecule has 0 atom stereocenters. The number of hydrogen-bond donors (Lipinski definition) is 0. The molecule has 0 saturated heterocycles. The fourth-order valence-corrected chi connectivity index (χ4v) is 5.48. The summed E-state index contributed by atoms with van der Waals surface area (Å²) >= 11 is 0. The van der Waals surface area contributed by atoms with E-state index in [0.717, 1.165) is 39.2 Å². The molecule has 0 radical (unpaired) electrons. The van der Waals surface area contributed by atoms with Crippen LogP contribution >= 0.6 is 0 Å². The van der Waals surface area contributed by atoms with E-state index in [9.17, 15) is 0 Å². The van der Waals surface area contributed by atoms with E-state index in [4.69, 9.17) is 4.98 Å². The zero-order chi connectivity index (χ0) is 22.9. The number of rotatable bonds is 2. The predicted molar refractivity (Wildman–Crippen MR) is 142 cm³/mol. The molecule has 35 heavy (non-hydrogen) atoms. The maximum absolute atomic E-state index is 4.98. The van der Waals surface area contributed by atoms with Crippen molar-refractivity contribution in [2.75, 3.05) is 0 Å². The Labute approximate surface area is 200 Å². The molecule has 0 unspecified atom stereocenters. The lowest BCUT2D eigenvalue weighted by Crippen LogP contribution is -1.99. The van der Waals surface area contributed by atoms with E-state index in [1.165, 1.54) is 21.8 Å². The number of pyridine rings is 1. The summed E-state index contributed by atoms with van der Waals surface area (Å²) in [6, 6.07) is 36.4. The van der Waals surface area contributed by atoms with Gasteiger partial charge < -0.3 is 4.57 Å². The lowest BCUT2D eigenvalue weighted by atomic mass is 10.2. The first-order valence-corrected chi connectivity index (χ1v) is 11.7. The molecule has 0 saturated carbocycles. The first-order valence-electron chi connectivity index (χ1n) is 11.7. The first-order chi connectivity index (χ1) is 17.4. The second-order valence-electron chi connectivity index (χ2n) is 8.83. The predicted octanol–water partition coefficient (Wildman–Crippen LogP) is 6.92. The molecule has 8 rings (SSSR count). The summed E-state index contributed by atoms with van der Waals surface area (Å²) in [5.41, 5.74) is 8.78. The minimum Gasteiger partial charge on any atom is -0.309 e. The Kier molecular flexibility index (Phi) is 3.60. The molecule has 0 N–H and O–H groups in total. The van der Waals surface area contributed by atoms with Gasteiger partial charge in [0.2, 0.25) is 5.78 Å². The highest BCUT2D eigenvalue weighted by molar-refractivity contribution is 6.09. The number of para-hydroxylation sites is 4. The molecule has 4 aromatic heterocycles. The number of fused-ring (bicyclic) bond motifs is 8. The summed E-state index contributed by atoms with van der Waals surface area (Å²) in [7, 11) is 0. The van der Waals surface area contributed by atoms with Gasteiger partial charge >= 0.3 is 0 Å². The topological polar surface area (TPSA) is 40.0 Å².